The van der Waals surface area contributed by atoms with Gasteiger partial charge in [0.05, 0.1) is 0 Å². The number of carbonyl (C=O) groups excluding carboxylic acids is 2. The maximum atomic E-state index is 11.9. The topological polar surface area (TPSA) is 61.4 Å². The predicted molar refractivity (Wildman–Crippen MR) is 106 cm³/mol. The van der Waals surface area contributed by atoms with Gasteiger partial charge in [0.15, 0.2) is 0 Å². The summed E-state index contributed by atoms with van der Waals surface area (Å²) in [5.74, 6) is -0.210. The second kappa shape index (κ2) is 11.2. The Kier molecular flexibility index (Phi) is 8.92. The summed E-state index contributed by atoms with van der Waals surface area (Å²) < 4.78 is 0. The van der Waals surface area contributed by atoms with Crippen molar-refractivity contribution in [3.05, 3.63) is 34.9 Å². The molecule has 2 amide bonds. The van der Waals surface area contributed by atoms with Crippen LogP contribution in [-0.2, 0) is 4.79 Å². The number of piperidine rings is 1. The highest BCUT2D eigenvalue weighted by Crippen LogP contribution is 2.16. The van der Waals surface area contributed by atoms with Crippen LogP contribution in [-0.4, -0.2) is 48.9 Å². The van der Waals surface area contributed by atoms with Crippen LogP contribution in [0.25, 0.3) is 0 Å². The molecule has 1 saturated heterocycles. The van der Waals surface area contributed by atoms with E-state index in [1.165, 1.54) is 25.8 Å². The Bertz CT molecular complexity index is 577. The molecule has 0 bridgehead atoms. The largest absolute Gasteiger partial charge is 0.356 e. The molecule has 0 aromatic heterocycles. The lowest BCUT2D eigenvalue weighted by Gasteiger charge is -2.33. The summed E-state index contributed by atoms with van der Waals surface area (Å²) in [5.41, 5.74) is 0.543. The minimum atomic E-state index is -0.190. The Morgan fingerprint density at radius 3 is 2.62 bits per heavy atom. The molecule has 1 heterocycles. The van der Waals surface area contributed by atoms with Gasteiger partial charge in [-0.2, -0.15) is 0 Å². The molecule has 1 fully saturated rings. The lowest BCUT2D eigenvalue weighted by Crippen LogP contribution is -2.38. The summed E-state index contributed by atoms with van der Waals surface area (Å²) >= 11 is 5.80. The van der Waals surface area contributed by atoms with Crippen LogP contribution in [0.4, 0.5) is 0 Å². The van der Waals surface area contributed by atoms with E-state index < -0.39 is 0 Å². The molecule has 1 aliphatic heterocycles. The fourth-order valence-electron chi connectivity index (χ4n) is 3.24. The van der Waals surface area contributed by atoms with E-state index in [0.29, 0.717) is 36.1 Å². The smallest absolute Gasteiger partial charge is 0.251 e. The van der Waals surface area contributed by atoms with Crippen molar-refractivity contribution in [1.29, 1.82) is 0 Å². The highest BCUT2D eigenvalue weighted by Gasteiger charge is 2.17. The Morgan fingerprint density at radius 1 is 1.12 bits per heavy atom. The molecule has 1 aliphatic rings. The third-order valence-corrected chi connectivity index (χ3v) is 5.13. The average Bonchev–Trinajstić information content (AvgIpc) is 2.63. The van der Waals surface area contributed by atoms with Gasteiger partial charge in [0.25, 0.3) is 5.91 Å². The summed E-state index contributed by atoms with van der Waals surface area (Å²) in [6.45, 7) is 5.67. The first-order valence-corrected chi connectivity index (χ1v) is 9.98. The van der Waals surface area contributed by atoms with E-state index in [2.05, 4.69) is 22.5 Å². The fourth-order valence-corrected chi connectivity index (χ4v) is 3.36. The number of likely N-dealkylation sites (tertiary alicyclic amines) is 1. The van der Waals surface area contributed by atoms with Crippen molar-refractivity contribution in [2.45, 2.75) is 51.5 Å². The van der Waals surface area contributed by atoms with Crippen molar-refractivity contribution in [1.82, 2.24) is 15.5 Å². The Morgan fingerprint density at radius 2 is 1.88 bits per heavy atom. The van der Waals surface area contributed by atoms with Gasteiger partial charge in [0, 0.05) is 36.1 Å². The first kappa shape index (κ1) is 20.7. The van der Waals surface area contributed by atoms with E-state index >= 15 is 0 Å². The lowest BCUT2D eigenvalue weighted by molar-refractivity contribution is -0.120. The van der Waals surface area contributed by atoms with Crippen LogP contribution in [0.2, 0.25) is 5.02 Å². The van der Waals surface area contributed by atoms with Crippen molar-refractivity contribution >= 4 is 23.4 Å². The van der Waals surface area contributed by atoms with Crippen LogP contribution in [0.1, 0.15) is 55.8 Å². The zero-order valence-corrected chi connectivity index (χ0v) is 16.4. The SMILES string of the molecule is CC1CCCCN1CCCCNC(=O)CCNC(=O)c1ccc(Cl)cc1. The van der Waals surface area contributed by atoms with Gasteiger partial charge in [-0.1, -0.05) is 18.0 Å². The van der Waals surface area contributed by atoms with Crippen molar-refractivity contribution in [3.8, 4) is 0 Å². The summed E-state index contributed by atoms with van der Waals surface area (Å²) in [5, 5.41) is 6.27. The van der Waals surface area contributed by atoms with Crippen LogP contribution >= 0.6 is 11.6 Å². The van der Waals surface area contributed by atoms with Crippen molar-refractivity contribution in [2.24, 2.45) is 0 Å². The van der Waals surface area contributed by atoms with Gasteiger partial charge in [0.1, 0.15) is 0 Å². The molecule has 26 heavy (non-hydrogen) atoms. The Labute approximate surface area is 161 Å². The van der Waals surface area contributed by atoms with Gasteiger partial charge in [-0.25, -0.2) is 0 Å². The number of nitrogens with one attached hydrogen (secondary N) is 2. The lowest BCUT2D eigenvalue weighted by atomic mass is 10.0. The number of nitrogens with zero attached hydrogens (tertiary/aromatic N) is 1. The molecule has 1 atom stereocenters. The minimum Gasteiger partial charge on any atom is -0.356 e. The van der Waals surface area contributed by atoms with E-state index in [-0.39, 0.29) is 11.8 Å². The number of carbonyl (C=O) groups is 2. The van der Waals surface area contributed by atoms with Gasteiger partial charge < -0.3 is 15.5 Å². The molecule has 0 radical (unpaired) electrons. The Balaban J connectivity index is 1.51. The van der Waals surface area contributed by atoms with Crippen LogP contribution < -0.4 is 10.6 Å². The average molecular weight is 380 g/mol. The van der Waals surface area contributed by atoms with Crippen molar-refractivity contribution in [2.75, 3.05) is 26.2 Å². The highest BCUT2D eigenvalue weighted by atomic mass is 35.5. The van der Waals surface area contributed by atoms with E-state index in [4.69, 9.17) is 11.6 Å². The molecule has 144 valence electrons. The van der Waals surface area contributed by atoms with Gasteiger partial charge in [-0.3, -0.25) is 9.59 Å². The number of hydrogen-bond donors (Lipinski definition) is 2. The van der Waals surface area contributed by atoms with Gasteiger partial charge in [0.2, 0.25) is 5.91 Å². The molecule has 0 saturated carbocycles. The minimum absolute atomic E-state index is 0.0206. The molecular formula is C20H30ClN3O2. The van der Waals surface area contributed by atoms with Gasteiger partial charge >= 0.3 is 0 Å². The first-order chi connectivity index (χ1) is 12.6. The number of rotatable bonds is 9. The third kappa shape index (κ3) is 7.34. The molecule has 1 aromatic rings. The second-order valence-electron chi connectivity index (χ2n) is 6.95. The van der Waals surface area contributed by atoms with E-state index in [1.807, 2.05) is 0 Å². The second-order valence-corrected chi connectivity index (χ2v) is 7.39. The normalized spacial score (nSPS) is 17.7. The number of benzene rings is 1. The summed E-state index contributed by atoms with van der Waals surface area (Å²) in [4.78, 5) is 26.3. The van der Waals surface area contributed by atoms with E-state index in [0.717, 1.165) is 19.4 Å². The van der Waals surface area contributed by atoms with Crippen molar-refractivity contribution in [3.63, 3.8) is 0 Å². The zero-order chi connectivity index (χ0) is 18.8. The molecule has 0 aliphatic carbocycles. The summed E-state index contributed by atoms with van der Waals surface area (Å²) in [6.07, 6.45) is 6.36. The molecule has 1 aromatic carbocycles. The summed E-state index contributed by atoms with van der Waals surface area (Å²) in [6, 6.07) is 7.38. The zero-order valence-electron chi connectivity index (χ0n) is 15.6. The van der Waals surface area contributed by atoms with Crippen LogP contribution in [0.15, 0.2) is 24.3 Å². The molecule has 6 heteroatoms. The highest BCUT2D eigenvalue weighted by molar-refractivity contribution is 6.30. The third-order valence-electron chi connectivity index (χ3n) is 4.88. The molecule has 2 rings (SSSR count). The molecule has 1 unspecified atom stereocenters. The number of halogens is 1. The standard InChI is InChI=1S/C20H30ClN3O2/c1-16-6-2-4-14-24(16)15-5-3-12-22-19(25)11-13-23-20(26)17-7-9-18(21)10-8-17/h7-10,16H,2-6,11-15H2,1H3,(H,22,25)(H,23,26). The quantitative estimate of drug-likeness (QED) is 0.647. The van der Waals surface area contributed by atoms with Crippen LogP contribution in [0.3, 0.4) is 0 Å². The predicted octanol–water partition coefficient (Wildman–Crippen LogP) is 3.23. The fraction of sp³-hybridized carbons (Fsp3) is 0.600. The molecule has 0 spiro atoms. The molecule has 5 nitrogen and oxygen atoms in total. The molecule has 2 N–H and O–H groups in total. The maximum absolute atomic E-state index is 11.9. The Hall–Kier alpha value is -1.59. The van der Waals surface area contributed by atoms with Crippen molar-refractivity contribution < 1.29 is 9.59 Å². The van der Waals surface area contributed by atoms with E-state index in [9.17, 15) is 9.59 Å². The van der Waals surface area contributed by atoms with Crippen LogP contribution in [0, 0.1) is 0 Å². The first-order valence-electron chi connectivity index (χ1n) is 9.61. The van der Waals surface area contributed by atoms with Gasteiger partial charge in [-0.15, -0.1) is 0 Å². The summed E-state index contributed by atoms with van der Waals surface area (Å²) in [7, 11) is 0. The maximum Gasteiger partial charge on any atom is 0.251 e. The van der Waals surface area contributed by atoms with Crippen LogP contribution in [0.5, 0.6) is 0 Å². The number of hydrogen-bond acceptors (Lipinski definition) is 3. The van der Waals surface area contributed by atoms with Gasteiger partial charge in [-0.05, 0) is 70.0 Å². The monoisotopic (exact) mass is 379 g/mol. The number of amides is 2. The molecular weight excluding hydrogens is 350 g/mol. The number of unbranched alkanes of at least 4 members (excludes halogenated alkanes) is 1. The van der Waals surface area contributed by atoms with E-state index in [1.54, 1.807) is 24.3 Å².